The van der Waals surface area contributed by atoms with Crippen molar-refractivity contribution < 1.29 is 4.79 Å². The lowest BCUT2D eigenvalue weighted by molar-refractivity contribution is -0.134. The SMILES string of the molecule is O=C(Cn1cnnn1)N1CCC2CNCC2C1. The summed E-state index contributed by atoms with van der Waals surface area (Å²) in [4.78, 5) is 14.0. The van der Waals surface area contributed by atoms with Crippen LogP contribution in [0.15, 0.2) is 6.33 Å². The number of hydrogen-bond acceptors (Lipinski definition) is 5. The van der Waals surface area contributed by atoms with Gasteiger partial charge in [0.05, 0.1) is 0 Å². The summed E-state index contributed by atoms with van der Waals surface area (Å²) >= 11 is 0. The summed E-state index contributed by atoms with van der Waals surface area (Å²) in [5, 5.41) is 14.2. The summed E-state index contributed by atoms with van der Waals surface area (Å²) in [6.45, 7) is 4.14. The summed E-state index contributed by atoms with van der Waals surface area (Å²) in [5.74, 6) is 1.50. The van der Waals surface area contributed by atoms with Crippen LogP contribution in [0.1, 0.15) is 6.42 Å². The van der Waals surface area contributed by atoms with Crippen molar-refractivity contribution in [1.29, 1.82) is 0 Å². The van der Waals surface area contributed by atoms with E-state index in [1.165, 1.54) is 11.0 Å². The van der Waals surface area contributed by atoms with Crippen molar-refractivity contribution in [3.63, 3.8) is 0 Å². The van der Waals surface area contributed by atoms with Crippen LogP contribution in [-0.4, -0.2) is 57.2 Å². The Bertz CT molecular complexity index is 392. The second-order valence-corrected chi connectivity index (χ2v) is 4.81. The van der Waals surface area contributed by atoms with Gasteiger partial charge < -0.3 is 10.2 Å². The number of carbonyl (C=O) groups excluding carboxylic acids is 1. The molecule has 2 atom stereocenters. The van der Waals surface area contributed by atoms with Crippen molar-refractivity contribution in [1.82, 2.24) is 30.4 Å². The lowest BCUT2D eigenvalue weighted by atomic mass is 9.89. The van der Waals surface area contributed by atoms with Crippen LogP contribution in [0.3, 0.4) is 0 Å². The molecular formula is C10H16N6O. The van der Waals surface area contributed by atoms with Gasteiger partial charge in [-0.3, -0.25) is 4.79 Å². The zero-order valence-electron chi connectivity index (χ0n) is 9.62. The third-order valence-corrected chi connectivity index (χ3v) is 3.75. The molecule has 1 amide bonds. The number of hydrogen-bond donors (Lipinski definition) is 1. The molecule has 7 heteroatoms. The second-order valence-electron chi connectivity index (χ2n) is 4.81. The maximum absolute atomic E-state index is 12.0. The van der Waals surface area contributed by atoms with Crippen molar-refractivity contribution in [2.45, 2.75) is 13.0 Å². The molecule has 0 spiro atoms. The minimum atomic E-state index is 0.114. The summed E-state index contributed by atoms with van der Waals surface area (Å²) < 4.78 is 1.47. The van der Waals surface area contributed by atoms with E-state index in [0.29, 0.717) is 5.92 Å². The van der Waals surface area contributed by atoms with Gasteiger partial charge in [-0.05, 0) is 41.8 Å². The summed E-state index contributed by atoms with van der Waals surface area (Å²) in [6.07, 6.45) is 2.58. The molecule has 1 N–H and O–H groups in total. The largest absolute Gasteiger partial charge is 0.341 e. The van der Waals surface area contributed by atoms with Gasteiger partial charge in [0.25, 0.3) is 0 Å². The van der Waals surface area contributed by atoms with E-state index in [1.807, 2.05) is 4.90 Å². The molecule has 2 aliphatic rings. The maximum atomic E-state index is 12.0. The standard InChI is InChI=1S/C10H16N6O/c17-10(6-16-7-12-13-14-16)15-2-1-8-3-11-4-9(8)5-15/h7-9,11H,1-6H2. The predicted octanol–water partition coefficient (Wildman–Crippen LogP) is -1.26. The van der Waals surface area contributed by atoms with Crippen molar-refractivity contribution in [3.05, 3.63) is 6.33 Å². The maximum Gasteiger partial charge on any atom is 0.244 e. The lowest BCUT2D eigenvalue weighted by Gasteiger charge is -2.34. The zero-order valence-corrected chi connectivity index (χ0v) is 9.62. The molecule has 2 aliphatic heterocycles. The highest BCUT2D eigenvalue weighted by molar-refractivity contribution is 5.76. The number of aromatic nitrogens is 4. The molecular weight excluding hydrogens is 220 g/mol. The number of fused-ring (bicyclic) bond motifs is 1. The second kappa shape index (κ2) is 4.40. The first kappa shape index (κ1) is 10.6. The van der Waals surface area contributed by atoms with Gasteiger partial charge >= 0.3 is 0 Å². The molecule has 1 aromatic rings. The number of amides is 1. The van der Waals surface area contributed by atoms with Gasteiger partial charge in [0.1, 0.15) is 12.9 Å². The first-order valence-corrected chi connectivity index (χ1v) is 6.02. The van der Waals surface area contributed by atoms with Crippen molar-refractivity contribution in [3.8, 4) is 0 Å². The molecule has 0 aromatic carbocycles. The van der Waals surface area contributed by atoms with Crippen LogP contribution in [0.2, 0.25) is 0 Å². The Morgan fingerprint density at radius 3 is 3.12 bits per heavy atom. The highest BCUT2D eigenvalue weighted by atomic mass is 16.2. The van der Waals surface area contributed by atoms with Gasteiger partial charge in [-0.25, -0.2) is 4.68 Å². The van der Waals surface area contributed by atoms with Gasteiger partial charge in [0.15, 0.2) is 0 Å². The lowest BCUT2D eigenvalue weighted by Crippen LogP contribution is -2.44. The Hall–Kier alpha value is -1.50. The zero-order chi connectivity index (χ0) is 11.7. The molecule has 0 aliphatic carbocycles. The molecule has 3 heterocycles. The molecule has 0 saturated carbocycles. The van der Waals surface area contributed by atoms with E-state index in [-0.39, 0.29) is 12.5 Å². The minimum absolute atomic E-state index is 0.114. The summed E-state index contributed by atoms with van der Waals surface area (Å²) in [5.41, 5.74) is 0. The number of carbonyl (C=O) groups is 1. The summed E-state index contributed by atoms with van der Waals surface area (Å²) in [6, 6.07) is 0. The van der Waals surface area contributed by atoms with E-state index in [4.69, 9.17) is 0 Å². The smallest absolute Gasteiger partial charge is 0.244 e. The fourth-order valence-electron chi connectivity index (χ4n) is 2.75. The number of nitrogens with one attached hydrogen (secondary N) is 1. The quantitative estimate of drug-likeness (QED) is 0.693. The Labute approximate surface area is 99.2 Å². The molecule has 2 unspecified atom stereocenters. The van der Waals surface area contributed by atoms with Gasteiger partial charge in [-0.15, -0.1) is 5.10 Å². The van der Waals surface area contributed by atoms with Crippen molar-refractivity contribution in [2.24, 2.45) is 11.8 Å². The van der Waals surface area contributed by atoms with Gasteiger partial charge in [-0.1, -0.05) is 0 Å². The van der Waals surface area contributed by atoms with Gasteiger partial charge in [-0.2, -0.15) is 0 Å². The first-order chi connectivity index (χ1) is 8.33. The van der Waals surface area contributed by atoms with Crippen LogP contribution in [0.4, 0.5) is 0 Å². The molecule has 1 aromatic heterocycles. The van der Waals surface area contributed by atoms with E-state index < -0.39 is 0 Å². The highest BCUT2D eigenvalue weighted by Gasteiger charge is 2.34. The van der Waals surface area contributed by atoms with Crippen LogP contribution in [0, 0.1) is 11.8 Å². The fraction of sp³-hybridized carbons (Fsp3) is 0.800. The molecule has 0 radical (unpaired) electrons. The minimum Gasteiger partial charge on any atom is -0.341 e. The van der Waals surface area contributed by atoms with Crippen LogP contribution < -0.4 is 5.32 Å². The number of piperidine rings is 1. The van der Waals surface area contributed by atoms with Gasteiger partial charge in [0.2, 0.25) is 5.91 Å². The summed E-state index contributed by atoms with van der Waals surface area (Å²) in [7, 11) is 0. The fourth-order valence-corrected chi connectivity index (χ4v) is 2.75. The number of nitrogens with zero attached hydrogens (tertiary/aromatic N) is 5. The number of tetrazole rings is 1. The monoisotopic (exact) mass is 236 g/mol. The van der Waals surface area contributed by atoms with Crippen molar-refractivity contribution >= 4 is 5.91 Å². The Kier molecular flexibility index (Phi) is 2.76. The Morgan fingerprint density at radius 1 is 1.41 bits per heavy atom. The molecule has 17 heavy (non-hydrogen) atoms. The Morgan fingerprint density at radius 2 is 2.29 bits per heavy atom. The van der Waals surface area contributed by atoms with E-state index in [9.17, 15) is 4.79 Å². The van der Waals surface area contributed by atoms with Crippen LogP contribution in [-0.2, 0) is 11.3 Å². The molecule has 7 nitrogen and oxygen atoms in total. The average Bonchev–Trinajstić information content (AvgIpc) is 2.97. The van der Waals surface area contributed by atoms with E-state index in [2.05, 4.69) is 20.8 Å². The number of rotatable bonds is 2. The van der Waals surface area contributed by atoms with Crippen LogP contribution in [0.25, 0.3) is 0 Å². The molecule has 92 valence electrons. The van der Waals surface area contributed by atoms with E-state index >= 15 is 0 Å². The van der Waals surface area contributed by atoms with Gasteiger partial charge in [0, 0.05) is 13.1 Å². The van der Waals surface area contributed by atoms with Crippen molar-refractivity contribution in [2.75, 3.05) is 26.2 Å². The van der Waals surface area contributed by atoms with E-state index in [0.717, 1.165) is 38.5 Å². The van der Waals surface area contributed by atoms with E-state index in [1.54, 1.807) is 0 Å². The molecule has 2 fully saturated rings. The topological polar surface area (TPSA) is 75.9 Å². The molecule has 2 saturated heterocycles. The predicted molar refractivity (Wildman–Crippen MR) is 58.9 cm³/mol. The first-order valence-electron chi connectivity index (χ1n) is 6.02. The van der Waals surface area contributed by atoms with Crippen LogP contribution in [0.5, 0.6) is 0 Å². The Balaban J connectivity index is 1.59. The molecule has 3 rings (SSSR count). The molecule has 0 bridgehead atoms. The highest BCUT2D eigenvalue weighted by Crippen LogP contribution is 2.26. The normalized spacial score (nSPS) is 28.1. The van der Waals surface area contributed by atoms with Crippen LogP contribution >= 0.6 is 0 Å². The number of likely N-dealkylation sites (tertiary alicyclic amines) is 1. The third-order valence-electron chi connectivity index (χ3n) is 3.75. The average molecular weight is 236 g/mol. The third kappa shape index (κ3) is 2.14.